The summed E-state index contributed by atoms with van der Waals surface area (Å²) in [7, 11) is 3.33. The van der Waals surface area contributed by atoms with E-state index in [0.717, 1.165) is 39.6 Å². The van der Waals surface area contributed by atoms with E-state index < -0.39 is 0 Å². The molecule has 2 aliphatic rings. The van der Waals surface area contributed by atoms with E-state index in [1.807, 2.05) is 66.7 Å². The van der Waals surface area contributed by atoms with Gasteiger partial charge >= 0.3 is 0 Å². The fraction of sp³-hybridized carbons (Fsp3) is 0.167. The summed E-state index contributed by atoms with van der Waals surface area (Å²) in [6, 6.07) is 21.7. The average Bonchev–Trinajstić information content (AvgIpc) is 3.24. The highest BCUT2D eigenvalue weighted by molar-refractivity contribution is 6.30. The summed E-state index contributed by atoms with van der Waals surface area (Å²) in [4.78, 5) is 0. The van der Waals surface area contributed by atoms with E-state index in [9.17, 15) is 0 Å². The molecule has 0 aromatic heterocycles. The van der Waals surface area contributed by atoms with E-state index in [0.29, 0.717) is 5.02 Å². The van der Waals surface area contributed by atoms with Crippen molar-refractivity contribution in [1.82, 2.24) is 10.4 Å². The molecule has 2 aliphatic heterocycles. The summed E-state index contributed by atoms with van der Waals surface area (Å²) in [6.45, 7) is 0. The predicted molar refractivity (Wildman–Crippen MR) is 117 cm³/mol. The van der Waals surface area contributed by atoms with E-state index >= 15 is 0 Å². The van der Waals surface area contributed by atoms with Gasteiger partial charge in [-0.05, 0) is 66.2 Å². The van der Waals surface area contributed by atoms with Gasteiger partial charge < -0.3 is 19.6 Å². The zero-order valence-corrected chi connectivity index (χ0v) is 17.4. The van der Waals surface area contributed by atoms with E-state index in [2.05, 4.69) is 16.5 Å². The number of hydrazine groups is 1. The molecule has 0 fully saturated rings. The molecule has 5 rings (SSSR count). The number of nitrogens with zero attached hydrogens (tertiary/aromatic N) is 1. The Morgan fingerprint density at radius 2 is 1.57 bits per heavy atom. The summed E-state index contributed by atoms with van der Waals surface area (Å²) in [5.74, 6) is 2.46. The van der Waals surface area contributed by atoms with Gasteiger partial charge in [-0.3, -0.25) is 0 Å². The molecule has 0 spiro atoms. The van der Waals surface area contributed by atoms with E-state index in [4.69, 9.17) is 25.8 Å². The molecule has 0 radical (unpaired) electrons. The van der Waals surface area contributed by atoms with Crippen LogP contribution in [0.3, 0.4) is 0 Å². The second-order valence-electron chi connectivity index (χ2n) is 7.20. The van der Waals surface area contributed by atoms with Crippen LogP contribution in [0.15, 0.2) is 72.8 Å². The van der Waals surface area contributed by atoms with Crippen molar-refractivity contribution in [3.63, 3.8) is 0 Å². The molecular weight excluding hydrogens is 400 g/mol. The first-order chi connectivity index (χ1) is 14.7. The van der Waals surface area contributed by atoms with Crippen molar-refractivity contribution in [3.05, 3.63) is 94.5 Å². The number of benzene rings is 3. The highest BCUT2D eigenvalue weighted by Gasteiger charge is 2.40. The predicted octanol–water partition coefficient (Wildman–Crippen LogP) is 5.35. The molecule has 2 atom stereocenters. The Morgan fingerprint density at radius 3 is 2.23 bits per heavy atom. The number of methoxy groups -OCH3 is 2. The van der Waals surface area contributed by atoms with Gasteiger partial charge in [-0.25, -0.2) is 0 Å². The van der Waals surface area contributed by atoms with Gasteiger partial charge in [-0.2, -0.15) is 5.01 Å². The number of halogens is 1. The zero-order chi connectivity index (χ0) is 20.7. The Kier molecular flexibility index (Phi) is 4.77. The minimum Gasteiger partial charge on any atom is -0.497 e. The van der Waals surface area contributed by atoms with Gasteiger partial charge in [0, 0.05) is 16.1 Å². The first-order valence-corrected chi connectivity index (χ1v) is 10.1. The molecule has 1 N–H and O–H groups in total. The highest BCUT2D eigenvalue weighted by Crippen LogP contribution is 2.46. The summed E-state index contributed by atoms with van der Waals surface area (Å²) >= 11 is 6.30. The van der Waals surface area contributed by atoms with Crippen molar-refractivity contribution < 1.29 is 14.2 Å². The lowest BCUT2D eigenvalue weighted by atomic mass is 10.0. The Balaban J connectivity index is 1.55. The fourth-order valence-electron chi connectivity index (χ4n) is 3.89. The molecule has 5 nitrogen and oxygen atoms in total. The second-order valence-corrected chi connectivity index (χ2v) is 7.63. The molecule has 2 heterocycles. The number of hydrogen-bond donors (Lipinski definition) is 1. The quantitative estimate of drug-likeness (QED) is 0.616. The largest absolute Gasteiger partial charge is 0.497 e. The maximum Gasteiger partial charge on any atom is 0.195 e. The number of nitrogens with one attached hydrogen (secondary N) is 1. The molecule has 0 saturated heterocycles. The third kappa shape index (κ3) is 3.26. The Labute approximate surface area is 180 Å². The van der Waals surface area contributed by atoms with Crippen molar-refractivity contribution in [2.24, 2.45) is 0 Å². The molecule has 0 aliphatic carbocycles. The van der Waals surface area contributed by atoms with Gasteiger partial charge in [0.15, 0.2) is 6.23 Å². The number of hydrogen-bond acceptors (Lipinski definition) is 5. The van der Waals surface area contributed by atoms with Gasteiger partial charge in [0.2, 0.25) is 0 Å². The van der Waals surface area contributed by atoms with E-state index in [1.54, 1.807) is 14.2 Å². The van der Waals surface area contributed by atoms with Crippen LogP contribution >= 0.6 is 11.6 Å². The fourth-order valence-corrected chi connectivity index (χ4v) is 4.07. The standard InChI is InChI=1S/C24H21ClN2O3/c1-28-18-8-3-15(4-9-18)21-14-22-20-13-17(25)7-12-23(20)30-24(27(22)26-21)16-5-10-19(29-2)11-6-16/h3-14,22,24,26H,1-2H3. The zero-order valence-electron chi connectivity index (χ0n) is 16.6. The van der Waals surface area contributed by atoms with Crippen molar-refractivity contribution in [3.8, 4) is 17.2 Å². The SMILES string of the molecule is COc1ccc(C2=CC3c4cc(Cl)ccc4OC(c4ccc(OC)cc4)N3N2)cc1. The first-order valence-electron chi connectivity index (χ1n) is 9.67. The van der Waals surface area contributed by atoms with Gasteiger partial charge in [0.25, 0.3) is 0 Å². The van der Waals surface area contributed by atoms with Crippen LogP contribution in [0.4, 0.5) is 0 Å². The maximum absolute atomic E-state index is 6.39. The molecule has 3 aromatic carbocycles. The third-order valence-corrected chi connectivity index (χ3v) is 5.69. The Hall–Kier alpha value is -3.15. The Morgan fingerprint density at radius 1 is 0.900 bits per heavy atom. The topological polar surface area (TPSA) is 43.0 Å². The van der Waals surface area contributed by atoms with Crippen LogP contribution in [0.2, 0.25) is 5.02 Å². The normalized spacial score (nSPS) is 19.8. The van der Waals surface area contributed by atoms with Gasteiger partial charge in [-0.1, -0.05) is 23.7 Å². The van der Waals surface area contributed by atoms with Gasteiger partial charge in [0.05, 0.1) is 26.0 Å². The third-order valence-electron chi connectivity index (χ3n) is 5.46. The molecule has 0 saturated carbocycles. The van der Waals surface area contributed by atoms with E-state index in [1.165, 1.54) is 0 Å². The number of rotatable bonds is 4. The molecular formula is C24H21ClN2O3. The Bertz CT molecular complexity index is 1100. The summed E-state index contributed by atoms with van der Waals surface area (Å²) < 4.78 is 17.0. The molecule has 2 unspecified atom stereocenters. The molecule has 3 aromatic rings. The minimum absolute atomic E-state index is 0.0170. The van der Waals surface area contributed by atoms with Crippen molar-refractivity contribution >= 4 is 17.3 Å². The van der Waals surface area contributed by atoms with E-state index in [-0.39, 0.29) is 12.3 Å². The molecule has 0 amide bonds. The lowest BCUT2D eigenvalue weighted by Gasteiger charge is -2.39. The molecule has 152 valence electrons. The van der Waals surface area contributed by atoms with Crippen molar-refractivity contribution in [2.75, 3.05) is 14.2 Å². The lowest BCUT2D eigenvalue weighted by Crippen LogP contribution is -2.43. The van der Waals surface area contributed by atoms with Crippen LogP contribution in [0, 0.1) is 0 Å². The number of ether oxygens (including phenoxy) is 3. The first kappa shape index (κ1) is 18.9. The number of fused-ring (bicyclic) bond motifs is 3. The van der Waals surface area contributed by atoms with Crippen LogP contribution in [0.1, 0.15) is 29.0 Å². The van der Waals surface area contributed by atoms with Crippen molar-refractivity contribution in [2.45, 2.75) is 12.3 Å². The van der Waals surface area contributed by atoms with Crippen molar-refractivity contribution in [1.29, 1.82) is 0 Å². The summed E-state index contributed by atoms with van der Waals surface area (Å²) in [5, 5.41) is 2.80. The lowest BCUT2D eigenvalue weighted by molar-refractivity contribution is -0.0326. The van der Waals surface area contributed by atoms with Gasteiger partial charge in [0.1, 0.15) is 17.2 Å². The van der Waals surface area contributed by atoms with Crippen LogP contribution < -0.4 is 19.6 Å². The van der Waals surface area contributed by atoms with Gasteiger partial charge in [-0.15, -0.1) is 0 Å². The maximum atomic E-state index is 6.39. The monoisotopic (exact) mass is 420 g/mol. The summed E-state index contributed by atoms with van der Waals surface area (Å²) in [6.07, 6.45) is 1.90. The van der Waals surface area contributed by atoms with Crippen LogP contribution in [-0.4, -0.2) is 19.2 Å². The smallest absolute Gasteiger partial charge is 0.195 e. The van der Waals surface area contributed by atoms with Crippen LogP contribution in [0.25, 0.3) is 5.70 Å². The highest BCUT2D eigenvalue weighted by atomic mass is 35.5. The van der Waals surface area contributed by atoms with Crippen LogP contribution in [-0.2, 0) is 0 Å². The second kappa shape index (κ2) is 7.59. The summed E-state index contributed by atoms with van der Waals surface area (Å²) in [5.41, 5.74) is 7.68. The minimum atomic E-state index is -0.304. The molecule has 30 heavy (non-hydrogen) atoms. The molecule has 0 bridgehead atoms. The average molecular weight is 421 g/mol. The van der Waals surface area contributed by atoms with Crippen LogP contribution in [0.5, 0.6) is 17.2 Å². The molecule has 6 heteroatoms.